The van der Waals surface area contributed by atoms with Gasteiger partial charge < -0.3 is 9.64 Å². The first-order valence-corrected chi connectivity index (χ1v) is 11.5. The molecule has 0 saturated heterocycles. The maximum atomic E-state index is 13.4. The van der Waals surface area contributed by atoms with Gasteiger partial charge in [-0.3, -0.25) is 9.36 Å². The first-order chi connectivity index (χ1) is 14.9. The van der Waals surface area contributed by atoms with Gasteiger partial charge in [-0.25, -0.2) is 0 Å². The summed E-state index contributed by atoms with van der Waals surface area (Å²) in [7, 11) is 1.65. The fourth-order valence-corrected chi connectivity index (χ4v) is 5.09. The summed E-state index contributed by atoms with van der Waals surface area (Å²) in [6.07, 6.45) is 0.892. The van der Waals surface area contributed by atoms with Gasteiger partial charge in [0.2, 0.25) is 5.91 Å². The van der Waals surface area contributed by atoms with Crippen molar-refractivity contribution in [3.8, 4) is 17.1 Å². The summed E-state index contributed by atoms with van der Waals surface area (Å²) in [4.78, 5) is 15.3. The van der Waals surface area contributed by atoms with Gasteiger partial charge in [-0.1, -0.05) is 30.0 Å². The van der Waals surface area contributed by atoms with Crippen LogP contribution >= 0.6 is 11.8 Å². The van der Waals surface area contributed by atoms with E-state index in [0.29, 0.717) is 0 Å². The minimum Gasteiger partial charge on any atom is -0.497 e. The number of methoxy groups -OCH3 is 1. The number of nitrogens with zero attached hydrogens (tertiary/aromatic N) is 4. The Bertz CT molecular complexity index is 1080. The molecule has 0 fully saturated rings. The largest absolute Gasteiger partial charge is 0.497 e. The summed E-state index contributed by atoms with van der Waals surface area (Å²) >= 11 is 1.47. The van der Waals surface area contributed by atoms with E-state index < -0.39 is 0 Å². The van der Waals surface area contributed by atoms with Gasteiger partial charge in [-0.15, -0.1) is 10.2 Å². The van der Waals surface area contributed by atoms with Gasteiger partial charge in [0, 0.05) is 23.3 Å². The second kappa shape index (κ2) is 8.75. The van der Waals surface area contributed by atoms with E-state index in [4.69, 9.17) is 4.74 Å². The fourth-order valence-electron chi connectivity index (χ4n) is 4.07. The predicted octanol–water partition coefficient (Wildman–Crippen LogP) is 4.99. The molecular weight excluding hydrogens is 408 g/mol. The molecule has 162 valence electrons. The molecule has 7 heteroatoms. The Hall–Kier alpha value is -2.80. The van der Waals surface area contributed by atoms with E-state index >= 15 is 0 Å². The van der Waals surface area contributed by atoms with Gasteiger partial charge in [-0.05, 0) is 70.0 Å². The van der Waals surface area contributed by atoms with Crippen LogP contribution in [0.4, 0.5) is 5.69 Å². The fraction of sp³-hybridized carbons (Fsp3) is 0.375. The number of ether oxygens (including phenoxy) is 1. The molecular formula is C24H28N4O2S. The molecule has 1 amide bonds. The van der Waals surface area contributed by atoms with E-state index in [9.17, 15) is 4.79 Å². The number of aromatic nitrogens is 3. The van der Waals surface area contributed by atoms with Crippen LogP contribution in [-0.2, 0) is 11.2 Å². The molecule has 0 aliphatic carbocycles. The van der Waals surface area contributed by atoms with Gasteiger partial charge in [0.1, 0.15) is 5.75 Å². The van der Waals surface area contributed by atoms with Crippen LogP contribution in [0.3, 0.4) is 0 Å². The number of hydrogen-bond donors (Lipinski definition) is 0. The van der Waals surface area contributed by atoms with Crippen LogP contribution in [0.25, 0.3) is 11.4 Å². The Morgan fingerprint density at radius 1 is 1.10 bits per heavy atom. The highest BCUT2D eigenvalue weighted by Gasteiger charge is 2.34. The summed E-state index contributed by atoms with van der Waals surface area (Å²) in [5.41, 5.74) is 3.22. The van der Waals surface area contributed by atoms with Crippen molar-refractivity contribution in [3.05, 3.63) is 54.1 Å². The molecule has 1 aliphatic rings. The monoisotopic (exact) mass is 436 g/mol. The number of carbonyl (C=O) groups excluding carboxylic acids is 1. The van der Waals surface area contributed by atoms with Crippen molar-refractivity contribution in [3.63, 3.8) is 0 Å². The molecule has 0 unspecified atom stereocenters. The average molecular weight is 437 g/mol. The SMILES string of the molecule is COc1ccc(-c2nnc(S[C@@H](C)C(=O)N3c4ccccc4C[C@H]3C)n2C(C)C)cc1. The lowest BCUT2D eigenvalue weighted by Crippen LogP contribution is -2.40. The molecule has 0 spiro atoms. The highest BCUT2D eigenvalue weighted by Crippen LogP contribution is 2.36. The number of para-hydroxylation sites is 1. The molecule has 6 nitrogen and oxygen atoms in total. The number of anilines is 1. The van der Waals surface area contributed by atoms with Crippen molar-refractivity contribution in [2.75, 3.05) is 12.0 Å². The summed E-state index contributed by atoms with van der Waals surface area (Å²) < 4.78 is 7.36. The molecule has 31 heavy (non-hydrogen) atoms. The lowest BCUT2D eigenvalue weighted by atomic mass is 10.1. The molecule has 0 saturated carbocycles. The standard InChI is InChI=1S/C24H28N4O2S/c1-15(2)27-22(18-10-12-20(30-5)13-11-18)25-26-24(27)31-17(4)23(29)28-16(3)14-19-8-6-7-9-21(19)28/h6-13,15-17H,14H2,1-5H3/t16-,17+/m1/s1. The normalized spacial score (nSPS) is 16.5. The van der Waals surface area contributed by atoms with Crippen molar-refractivity contribution in [1.29, 1.82) is 0 Å². The van der Waals surface area contributed by atoms with Crippen LogP contribution in [0.2, 0.25) is 0 Å². The second-order valence-corrected chi connectivity index (χ2v) is 9.46. The zero-order chi connectivity index (χ0) is 22.1. The molecule has 2 atom stereocenters. The topological polar surface area (TPSA) is 60.3 Å². The van der Waals surface area contributed by atoms with Gasteiger partial charge in [0.15, 0.2) is 11.0 Å². The Kier molecular flexibility index (Phi) is 6.05. The molecule has 1 aromatic heterocycles. The number of benzene rings is 2. The zero-order valence-corrected chi connectivity index (χ0v) is 19.4. The summed E-state index contributed by atoms with van der Waals surface area (Å²) in [6, 6.07) is 16.3. The van der Waals surface area contributed by atoms with Crippen LogP contribution in [-0.4, -0.2) is 39.1 Å². The van der Waals surface area contributed by atoms with Crippen LogP contribution in [0.1, 0.15) is 39.3 Å². The summed E-state index contributed by atoms with van der Waals surface area (Å²) in [5, 5.41) is 9.37. The average Bonchev–Trinajstić information content (AvgIpc) is 3.33. The predicted molar refractivity (Wildman–Crippen MR) is 125 cm³/mol. The third-order valence-electron chi connectivity index (χ3n) is 5.60. The Labute approximate surface area is 187 Å². The van der Waals surface area contributed by atoms with Crippen molar-refractivity contribution in [2.24, 2.45) is 0 Å². The number of amides is 1. The molecule has 2 aromatic carbocycles. The Morgan fingerprint density at radius 2 is 1.81 bits per heavy atom. The number of fused-ring (bicyclic) bond motifs is 1. The zero-order valence-electron chi connectivity index (χ0n) is 18.6. The Morgan fingerprint density at radius 3 is 2.48 bits per heavy atom. The lowest BCUT2D eigenvalue weighted by molar-refractivity contribution is -0.118. The van der Waals surface area contributed by atoms with Gasteiger partial charge in [0.25, 0.3) is 0 Å². The van der Waals surface area contributed by atoms with Crippen molar-refractivity contribution in [1.82, 2.24) is 14.8 Å². The smallest absolute Gasteiger partial charge is 0.240 e. The molecule has 0 radical (unpaired) electrons. The maximum Gasteiger partial charge on any atom is 0.240 e. The number of thioether (sulfide) groups is 1. The highest BCUT2D eigenvalue weighted by atomic mass is 32.2. The number of rotatable bonds is 6. The maximum absolute atomic E-state index is 13.4. The first-order valence-electron chi connectivity index (χ1n) is 10.6. The molecule has 3 aromatic rings. The highest BCUT2D eigenvalue weighted by molar-refractivity contribution is 8.00. The lowest BCUT2D eigenvalue weighted by Gasteiger charge is -2.26. The molecule has 4 rings (SSSR count). The first kappa shape index (κ1) is 21.4. The van der Waals surface area contributed by atoms with E-state index in [-0.39, 0.29) is 23.2 Å². The number of carbonyl (C=O) groups is 1. The quantitative estimate of drug-likeness (QED) is 0.509. The minimum atomic E-state index is -0.279. The molecule has 1 aliphatic heterocycles. The van der Waals surface area contributed by atoms with Crippen molar-refractivity contribution >= 4 is 23.4 Å². The second-order valence-electron chi connectivity index (χ2n) is 8.15. The molecule has 0 bridgehead atoms. The summed E-state index contributed by atoms with van der Waals surface area (Å²) in [5.74, 6) is 1.69. The van der Waals surface area contributed by atoms with E-state index in [2.05, 4.69) is 41.6 Å². The van der Waals surface area contributed by atoms with Gasteiger partial charge >= 0.3 is 0 Å². The van der Waals surface area contributed by atoms with Crippen LogP contribution in [0.15, 0.2) is 53.7 Å². The minimum absolute atomic E-state index is 0.103. The molecule has 0 N–H and O–H groups in total. The van der Waals surface area contributed by atoms with Gasteiger partial charge in [0.05, 0.1) is 12.4 Å². The van der Waals surface area contributed by atoms with Gasteiger partial charge in [-0.2, -0.15) is 0 Å². The van der Waals surface area contributed by atoms with E-state index in [1.807, 2.05) is 54.3 Å². The Balaban J connectivity index is 1.59. The van der Waals surface area contributed by atoms with Crippen molar-refractivity contribution in [2.45, 2.75) is 56.6 Å². The van der Waals surface area contributed by atoms with Crippen LogP contribution < -0.4 is 9.64 Å². The van der Waals surface area contributed by atoms with E-state index in [1.165, 1.54) is 17.3 Å². The van der Waals surface area contributed by atoms with E-state index in [0.717, 1.165) is 34.4 Å². The number of hydrogen-bond acceptors (Lipinski definition) is 5. The van der Waals surface area contributed by atoms with Crippen LogP contribution in [0.5, 0.6) is 5.75 Å². The van der Waals surface area contributed by atoms with E-state index in [1.54, 1.807) is 7.11 Å². The van der Waals surface area contributed by atoms with Crippen molar-refractivity contribution < 1.29 is 9.53 Å². The third kappa shape index (κ3) is 4.06. The third-order valence-corrected chi connectivity index (χ3v) is 6.65. The molecule has 2 heterocycles. The van der Waals surface area contributed by atoms with Crippen LogP contribution in [0, 0.1) is 0 Å². The summed E-state index contributed by atoms with van der Waals surface area (Å²) in [6.45, 7) is 8.26.